The van der Waals surface area contributed by atoms with Crippen LogP contribution in [-0.2, 0) is 0 Å². The summed E-state index contributed by atoms with van der Waals surface area (Å²) in [5.74, 6) is 6.42. The van der Waals surface area contributed by atoms with Crippen LogP contribution in [0.3, 0.4) is 0 Å². The highest BCUT2D eigenvalue weighted by atomic mass is 32.1. The Balaban J connectivity index is 2.88. The third-order valence-electron chi connectivity index (χ3n) is 1.41. The number of carbonyl (C=O) groups is 1. The highest BCUT2D eigenvalue weighted by Gasteiger charge is 1.96. The molecule has 0 spiro atoms. The summed E-state index contributed by atoms with van der Waals surface area (Å²) >= 11 is 4.02. The standard InChI is InChI=1S/C10H9NOS/c12-8-9-4-3-6-11-10(9)5-1-2-7-13/h3-4,6,8,13H,2,7H2. The molecule has 0 aliphatic heterocycles. The zero-order valence-electron chi connectivity index (χ0n) is 7.03. The van der Waals surface area contributed by atoms with E-state index in [9.17, 15) is 4.79 Å². The van der Waals surface area contributed by atoms with Gasteiger partial charge in [0.2, 0.25) is 0 Å². The van der Waals surface area contributed by atoms with Crippen molar-refractivity contribution in [2.45, 2.75) is 6.42 Å². The highest BCUT2D eigenvalue weighted by molar-refractivity contribution is 7.80. The van der Waals surface area contributed by atoms with Gasteiger partial charge in [-0.1, -0.05) is 5.92 Å². The largest absolute Gasteiger partial charge is 0.298 e. The average Bonchev–Trinajstić information content (AvgIpc) is 2.19. The smallest absolute Gasteiger partial charge is 0.152 e. The van der Waals surface area contributed by atoms with E-state index in [1.54, 1.807) is 18.3 Å². The van der Waals surface area contributed by atoms with Crippen molar-refractivity contribution in [3.05, 3.63) is 29.6 Å². The molecule has 0 saturated carbocycles. The topological polar surface area (TPSA) is 30.0 Å². The molecule has 0 unspecified atom stereocenters. The number of rotatable bonds is 2. The van der Waals surface area contributed by atoms with Crippen LogP contribution in [0.2, 0.25) is 0 Å². The van der Waals surface area contributed by atoms with Gasteiger partial charge >= 0.3 is 0 Å². The Labute approximate surface area is 82.8 Å². The third kappa shape index (κ3) is 2.92. The lowest BCUT2D eigenvalue weighted by atomic mass is 10.2. The first-order valence-corrected chi connectivity index (χ1v) is 4.51. The van der Waals surface area contributed by atoms with Crippen LogP contribution >= 0.6 is 12.6 Å². The van der Waals surface area contributed by atoms with Gasteiger partial charge in [-0.05, 0) is 18.1 Å². The molecule has 1 heterocycles. The summed E-state index contributed by atoms with van der Waals surface area (Å²) in [6.45, 7) is 0. The molecule has 1 rings (SSSR count). The second kappa shape index (κ2) is 5.39. The van der Waals surface area contributed by atoms with Crippen LogP contribution in [0.1, 0.15) is 22.5 Å². The van der Waals surface area contributed by atoms with Gasteiger partial charge in [-0.2, -0.15) is 12.6 Å². The Hall–Kier alpha value is -1.27. The van der Waals surface area contributed by atoms with Crippen molar-refractivity contribution in [3.8, 4) is 11.8 Å². The summed E-state index contributed by atoms with van der Waals surface area (Å²) in [5.41, 5.74) is 1.08. The maximum Gasteiger partial charge on any atom is 0.152 e. The Morgan fingerprint density at radius 3 is 3.15 bits per heavy atom. The molecule has 13 heavy (non-hydrogen) atoms. The van der Waals surface area contributed by atoms with Crippen molar-refractivity contribution in [3.63, 3.8) is 0 Å². The second-order valence-electron chi connectivity index (χ2n) is 2.33. The zero-order valence-corrected chi connectivity index (χ0v) is 7.92. The number of hydrogen-bond acceptors (Lipinski definition) is 3. The van der Waals surface area contributed by atoms with Crippen molar-refractivity contribution in [1.29, 1.82) is 0 Å². The SMILES string of the molecule is O=Cc1cccnc1C#CCCS. The number of aromatic nitrogens is 1. The number of carbonyl (C=O) groups excluding carboxylic acids is 1. The number of pyridine rings is 1. The molecule has 0 amide bonds. The van der Waals surface area contributed by atoms with E-state index in [0.717, 1.165) is 12.0 Å². The molecule has 0 saturated heterocycles. The molecule has 0 N–H and O–H groups in total. The minimum absolute atomic E-state index is 0.536. The minimum Gasteiger partial charge on any atom is -0.298 e. The van der Waals surface area contributed by atoms with Gasteiger partial charge in [0.1, 0.15) is 5.69 Å². The van der Waals surface area contributed by atoms with Crippen molar-refractivity contribution in [2.75, 3.05) is 5.75 Å². The molecule has 2 nitrogen and oxygen atoms in total. The van der Waals surface area contributed by atoms with E-state index in [4.69, 9.17) is 0 Å². The van der Waals surface area contributed by atoms with Crippen LogP contribution in [0, 0.1) is 11.8 Å². The highest BCUT2D eigenvalue weighted by Crippen LogP contribution is 1.99. The van der Waals surface area contributed by atoms with Crippen LogP contribution in [-0.4, -0.2) is 17.0 Å². The van der Waals surface area contributed by atoms with Gasteiger partial charge in [0.05, 0.1) is 0 Å². The van der Waals surface area contributed by atoms with E-state index in [-0.39, 0.29) is 0 Å². The van der Waals surface area contributed by atoms with Crippen LogP contribution in [0.25, 0.3) is 0 Å². The Kier molecular flexibility index (Phi) is 4.07. The summed E-state index contributed by atoms with van der Waals surface area (Å²) in [5, 5.41) is 0. The molecule has 0 fully saturated rings. The maximum absolute atomic E-state index is 10.5. The first-order valence-electron chi connectivity index (χ1n) is 3.88. The molecule has 0 atom stereocenters. The molecule has 0 aliphatic carbocycles. The lowest BCUT2D eigenvalue weighted by Gasteiger charge is -1.92. The minimum atomic E-state index is 0.536. The summed E-state index contributed by atoms with van der Waals surface area (Å²) in [7, 11) is 0. The predicted octanol–water partition coefficient (Wildman–Crippen LogP) is 1.57. The normalized spacial score (nSPS) is 8.69. The van der Waals surface area contributed by atoms with E-state index < -0.39 is 0 Å². The van der Waals surface area contributed by atoms with Gasteiger partial charge < -0.3 is 0 Å². The van der Waals surface area contributed by atoms with E-state index in [2.05, 4.69) is 29.5 Å². The van der Waals surface area contributed by atoms with Gasteiger partial charge in [0, 0.05) is 23.9 Å². The summed E-state index contributed by atoms with van der Waals surface area (Å²) in [6.07, 6.45) is 3.09. The molecule has 3 heteroatoms. The molecule has 1 aromatic rings. The number of aldehydes is 1. The summed E-state index contributed by atoms with van der Waals surface area (Å²) in [4.78, 5) is 14.5. The molecule has 0 bridgehead atoms. The Bertz CT molecular complexity index is 351. The van der Waals surface area contributed by atoms with Gasteiger partial charge in [-0.25, -0.2) is 4.98 Å². The van der Waals surface area contributed by atoms with Crippen molar-refractivity contribution < 1.29 is 4.79 Å². The van der Waals surface area contributed by atoms with Gasteiger partial charge in [-0.15, -0.1) is 0 Å². The predicted molar refractivity (Wildman–Crippen MR) is 55.0 cm³/mol. The Morgan fingerprint density at radius 2 is 2.46 bits per heavy atom. The van der Waals surface area contributed by atoms with Crippen LogP contribution < -0.4 is 0 Å². The van der Waals surface area contributed by atoms with Crippen molar-refractivity contribution in [1.82, 2.24) is 4.98 Å². The lowest BCUT2D eigenvalue weighted by molar-refractivity contribution is 0.112. The van der Waals surface area contributed by atoms with Gasteiger partial charge in [0.15, 0.2) is 6.29 Å². The first kappa shape index (κ1) is 9.82. The average molecular weight is 191 g/mol. The van der Waals surface area contributed by atoms with Crippen LogP contribution in [0.15, 0.2) is 18.3 Å². The summed E-state index contributed by atoms with van der Waals surface area (Å²) < 4.78 is 0. The fraction of sp³-hybridized carbons (Fsp3) is 0.200. The molecule has 0 aliphatic rings. The molecule has 1 aromatic heterocycles. The maximum atomic E-state index is 10.5. The van der Waals surface area contributed by atoms with Crippen molar-refractivity contribution in [2.24, 2.45) is 0 Å². The summed E-state index contributed by atoms with van der Waals surface area (Å²) in [6, 6.07) is 3.41. The monoisotopic (exact) mass is 191 g/mol. The third-order valence-corrected chi connectivity index (χ3v) is 1.63. The van der Waals surface area contributed by atoms with E-state index >= 15 is 0 Å². The fourth-order valence-corrected chi connectivity index (χ4v) is 0.931. The van der Waals surface area contributed by atoms with E-state index in [1.165, 1.54) is 0 Å². The lowest BCUT2D eigenvalue weighted by Crippen LogP contribution is -1.90. The van der Waals surface area contributed by atoms with E-state index in [0.29, 0.717) is 17.7 Å². The zero-order chi connectivity index (χ0) is 9.52. The second-order valence-corrected chi connectivity index (χ2v) is 2.78. The quantitative estimate of drug-likeness (QED) is 0.437. The number of hydrogen-bond donors (Lipinski definition) is 1. The van der Waals surface area contributed by atoms with E-state index in [1.807, 2.05) is 0 Å². The first-order chi connectivity index (χ1) is 6.38. The molecule has 0 radical (unpaired) electrons. The van der Waals surface area contributed by atoms with Gasteiger partial charge in [-0.3, -0.25) is 4.79 Å². The van der Waals surface area contributed by atoms with Crippen LogP contribution in [0.5, 0.6) is 0 Å². The van der Waals surface area contributed by atoms with Crippen LogP contribution in [0.4, 0.5) is 0 Å². The molecule has 0 aromatic carbocycles. The molecular weight excluding hydrogens is 182 g/mol. The molecular formula is C10H9NOS. The fourth-order valence-electron chi connectivity index (χ4n) is 0.819. The number of nitrogens with zero attached hydrogens (tertiary/aromatic N) is 1. The van der Waals surface area contributed by atoms with Gasteiger partial charge in [0.25, 0.3) is 0 Å². The Morgan fingerprint density at radius 1 is 1.62 bits per heavy atom. The molecule has 66 valence electrons. The van der Waals surface area contributed by atoms with Crippen molar-refractivity contribution >= 4 is 18.9 Å². The number of thiol groups is 1.